The summed E-state index contributed by atoms with van der Waals surface area (Å²) in [5.74, 6) is -0.325. The van der Waals surface area contributed by atoms with Gasteiger partial charge in [-0.1, -0.05) is 23.7 Å². The van der Waals surface area contributed by atoms with Crippen molar-refractivity contribution < 1.29 is 19.1 Å². The highest BCUT2D eigenvalue weighted by atomic mass is 35.5. The van der Waals surface area contributed by atoms with Crippen LogP contribution < -0.4 is 5.32 Å². The van der Waals surface area contributed by atoms with E-state index in [2.05, 4.69) is 5.32 Å². The number of fused-ring (bicyclic) bond motifs is 1. The number of likely N-dealkylation sites (N-methyl/N-ethyl adjacent to an activating group) is 1. The first-order chi connectivity index (χ1) is 13.4. The van der Waals surface area contributed by atoms with Gasteiger partial charge in [0.2, 0.25) is 5.91 Å². The molecule has 0 aromatic heterocycles. The molecule has 146 valence electrons. The Hall–Kier alpha value is -2.51. The highest BCUT2D eigenvalue weighted by Crippen LogP contribution is 2.31. The Morgan fingerprint density at radius 2 is 1.96 bits per heavy atom. The molecule has 2 amide bonds. The van der Waals surface area contributed by atoms with Gasteiger partial charge in [0, 0.05) is 35.7 Å². The smallest absolute Gasteiger partial charge is 0.338 e. The number of carbonyl (C=O) groups excluding carboxylic acids is 3. The molecule has 8 heteroatoms. The van der Waals surface area contributed by atoms with Crippen molar-refractivity contribution in [3.05, 3.63) is 58.6 Å². The third-order valence-corrected chi connectivity index (χ3v) is 5.49. The standard InChI is InChI=1S/C20H19ClN2O4S/c1-23(11-13-2-5-15(21)6-3-13)19(25)12-27-20(26)14-4-7-17-16(10-14)22-18(24)8-9-28-17/h2-7,10H,8-9,11-12H2,1H3,(H,22,24). The molecular formula is C20H19ClN2O4S. The Labute approximate surface area is 172 Å². The van der Waals surface area contributed by atoms with Gasteiger partial charge in [-0.05, 0) is 35.9 Å². The zero-order valence-electron chi connectivity index (χ0n) is 15.2. The maximum absolute atomic E-state index is 12.3. The summed E-state index contributed by atoms with van der Waals surface area (Å²) >= 11 is 7.41. The Kier molecular flexibility index (Phi) is 6.59. The van der Waals surface area contributed by atoms with Crippen molar-refractivity contribution in [2.75, 3.05) is 24.7 Å². The molecule has 1 N–H and O–H groups in total. The number of halogens is 1. The number of amides is 2. The van der Waals surface area contributed by atoms with Gasteiger partial charge in [-0.2, -0.15) is 0 Å². The molecule has 3 rings (SSSR count). The molecule has 0 aliphatic carbocycles. The highest BCUT2D eigenvalue weighted by Gasteiger charge is 2.18. The van der Waals surface area contributed by atoms with Crippen molar-refractivity contribution in [3.63, 3.8) is 0 Å². The van der Waals surface area contributed by atoms with Crippen molar-refractivity contribution in [2.24, 2.45) is 0 Å². The summed E-state index contributed by atoms with van der Waals surface area (Å²) in [7, 11) is 1.64. The van der Waals surface area contributed by atoms with Crippen LogP contribution in [0.3, 0.4) is 0 Å². The lowest BCUT2D eigenvalue weighted by Gasteiger charge is -2.17. The molecule has 0 fully saturated rings. The van der Waals surface area contributed by atoms with Crippen LogP contribution in [0.25, 0.3) is 0 Å². The van der Waals surface area contributed by atoms with Crippen molar-refractivity contribution in [1.29, 1.82) is 0 Å². The molecule has 0 atom stereocenters. The topological polar surface area (TPSA) is 75.7 Å². The maximum atomic E-state index is 12.3. The number of nitrogens with one attached hydrogen (secondary N) is 1. The summed E-state index contributed by atoms with van der Waals surface area (Å²) in [6.07, 6.45) is 0.424. The summed E-state index contributed by atoms with van der Waals surface area (Å²) in [6, 6.07) is 12.2. The molecule has 0 spiro atoms. The summed E-state index contributed by atoms with van der Waals surface area (Å²) in [5, 5.41) is 3.41. The summed E-state index contributed by atoms with van der Waals surface area (Å²) in [5.41, 5.74) is 1.80. The minimum absolute atomic E-state index is 0.0873. The minimum Gasteiger partial charge on any atom is -0.452 e. The fourth-order valence-corrected chi connectivity index (χ4v) is 3.68. The van der Waals surface area contributed by atoms with Gasteiger partial charge >= 0.3 is 5.97 Å². The number of rotatable bonds is 5. The maximum Gasteiger partial charge on any atom is 0.338 e. The predicted octanol–water partition coefficient (Wildman–Crippen LogP) is 3.59. The molecule has 1 aliphatic rings. The fraction of sp³-hybridized carbons (Fsp3) is 0.250. The van der Waals surface area contributed by atoms with Crippen LogP contribution in [-0.4, -0.2) is 42.1 Å². The average molecular weight is 419 g/mol. The van der Waals surface area contributed by atoms with Crippen molar-refractivity contribution in [1.82, 2.24) is 4.90 Å². The van der Waals surface area contributed by atoms with E-state index in [0.29, 0.717) is 29.4 Å². The SMILES string of the molecule is CN(Cc1ccc(Cl)cc1)C(=O)COC(=O)c1ccc2c(c1)NC(=O)CCS2. The van der Waals surface area contributed by atoms with Crippen LogP contribution in [0.5, 0.6) is 0 Å². The van der Waals surface area contributed by atoms with E-state index < -0.39 is 5.97 Å². The third-order valence-electron chi connectivity index (χ3n) is 4.16. The molecule has 2 aromatic carbocycles. The van der Waals surface area contributed by atoms with E-state index in [-0.39, 0.29) is 24.0 Å². The lowest BCUT2D eigenvalue weighted by atomic mass is 10.2. The number of esters is 1. The minimum atomic E-state index is -0.612. The van der Waals surface area contributed by atoms with Gasteiger partial charge in [-0.3, -0.25) is 9.59 Å². The molecule has 2 aromatic rings. The van der Waals surface area contributed by atoms with E-state index in [1.54, 1.807) is 49.1 Å². The summed E-state index contributed by atoms with van der Waals surface area (Å²) in [6.45, 7) is 0.0246. The Morgan fingerprint density at radius 1 is 1.21 bits per heavy atom. The largest absolute Gasteiger partial charge is 0.452 e. The lowest BCUT2D eigenvalue weighted by Crippen LogP contribution is -2.30. The average Bonchev–Trinajstić information content (AvgIpc) is 2.87. The van der Waals surface area contributed by atoms with Gasteiger partial charge in [0.25, 0.3) is 5.91 Å². The molecule has 28 heavy (non-hydrogen) atoms. The molecule has 0 unspecified atom stereocenters. The van der Waals surface area contributed by atoms with Gasteiger partial charge in [0.15, 0.2) is 6.61 Å². The van der Waals surface area contributed by atoms with Crippen molar-refractivity contribution in [2.45, 2.75) is 17.9 Å². The fourth-order valence-electron chi connectivity index (χ4n) is 2.62. The van der Waals surface area contributed by atoms with Gasteiger partial charge in [0.1, 0.15) is 0 Å². The first-order valence-electron chi connectivity index (χ1n) is 8.64. The molecule has 1 heterocycles. The van der Waals surface area contributed by atoms with Crippen LogP contribution in [0.1, 0.15) is 22.3 Å². The monoisotopic (exact) mass is 418 g/mol. The second kappa shape index (κ2) is 9.12. The number of carbonyl (C=O) groups is 3. The highest BCUT2D eigenvalue weighted by molar-refractivity contribution is 7.99. The van der Waals surface area contributed by atoms with E-state index in [4.69, 9.17) is 16.3 Å². The molecule has 0 radical (unpaired) electrons. The van der Waals surface area contributed by atoms with Crippen LogP contribution in [0.4, 0.5) is 5.69 Å². The Bertz CT molecular complexity index is 902. The van der Waals surface area contributed by atoms with Crippen LogP contribution in [0.15, 0.2) is 47.4 Å². The number of nitrogens with zero attached hydrogens (tertiary/aromatic N) is 1. The summed E-state index contributed by atoms with van der Waals surface area (Å²) < 4.78 is 5.15. The van der Waals surface area contributed by atoms with E-state index >= 15 is 0 Å². The molecule has 0 saturated carbocycles. The Morgan fingerprint density at radius 3 is 2.71 bits per heavy atom. The second-order valence-corrected chi connectivity index (χ2v) is 7.88. The number of benzene rings is 2. The van der Waals surface area contributed by atoms with E-state index in [1.807, 2.05) is 12.1 Å². The number of hydrogen-bond acceptors (Lipinski definition) is 5. The van der Waals surface area contributed by atoms with Gasteiger partial charge in [-0.25, -0.2) is 4.79 Å². The quantitative estimate of drug-likeness (QED) is 0.751. The number of anilines is 1. The molecule has 6 nitrogen and oxygen atoms in total. The van der Waals surface area contributed by atoms with E-state index in [1.165, 1.54) is 4.90 Å². The van der Waals surface area contributed by atoms with Crippen LogP contribution in [-0.2, 0) is 20.9 Å². The predicted molar refractivity (Wildman–Crippen MR) is 109 cm³/mol. The van der Waals surface area contributed by atoms with Gasteiger partial charge in [-0.15, -0.1) is 11.8 Å². The van der Waals surface area contributed by atoms with Gasteiger partial charge < -0.3 is 15.0 Å². The number of hydrogen-bond donors (Lipinski definition) is 1. The second-order valence-electron chi connectivity index (χ2n) is 6.31. The molecule has 1 aliphatic heterocycles. The molecule has 0 bridgehead atoms. The van der Waals surface area contributed by atoms with E-state index in [0.717, 1.165) is 10.5 Å². The molecule has 0 saturated heterocycles. The van der Waals surface area contributed by atoms with Crippen LogP contribution in [0.2, 0.25) is 5.02 Å². The third kappa shape index (κ3) is 5.27. The normalized spacial score (nSPS) is 13.1. The Balaban J connectivity index is 1.56. The zero-order valence-corrected chi connectivity index (χ0v) is 16.8. The zero-order chi connectivity index (χ0) is 20.1. The summed E-state index contributed by atoms with van der Waals surface area (Å²) in [4.78, 5) is 38.6. The van der Waals surface area contributed by atoms with Crippen molar-refractivity contribution in [3.8, 4) is 0 Å². The van der Waals surface area contributed by atoms with Crippen molar-refractivity contribution >= 4 is 46.8 Å². The number of thioether (sulfide) groups is 1. The first kappa shape index (κ1) is 20.2. The van der Waals surface area contributed by atoms with Gasteiger partial charge in [0.05, 0.1) is 11.3 Å². The van der Waals surface area contributed by atoms with Crippen LogP contribution >= 0.6 is 23.4 Å². The first-order valence-corrected chi connectivity index (χ1v) is 10.0. The van der Waals surface area contributed by atoms with E-state index in [9.17, 15) is 14.4 Å². The van der Waals surface area contributed by atoms with Crippen LogP contribution in [0, 0.1) is 0 Å². The lowest BCUT2D eigenvalue weighted by molar-refractivity contribution is -0.133. The molecular weight excluding hydrogens is 400 g/mol. The number of ether oxygens (including phenoxy) is 1.